The van der Waals surface area contributed by atoms with E-state index in [4.69, 9.17) is 4.74 Å². The second-order valence-electron chi connectivity index (χ2n) is 4.92. The summed E-state index contributed by atoms with van der Waals surface area (Å²) in [7, 11) is 3.73. The largest absolute Gasteiger partial charge is 0.497 e. The third-order valence-corrected chi connectivity index (χ3v) is 4.20. The Bertz CT molecular complexity index is 573. The fourth-order valence-corrected chi connectivity index (χ4v) is 2.46. The zero-order valence-electron chi connectivity index (χ0n) is 12.3. The molecule has 1 heterocycles. The number of hydrogen-bond acceptors (Lipinski definition) is 3. The van der Waals surface area contributed by atoms with Crippen LogP contribution in [0.25, 0.3) is 0 Å². The summed E-state index contributed by atoms with van der Waals surface area (Å²) in [5.41, 5.74) is 3.65. The van der Waals surface area contributed by atoms with E-state index >= 15 is 0 Å². The van der Waals surface area contributed by atoms with Gasteiger partial charge in [0.2, 0.25) is 0 Å². The van der Waals surface area contributed by atoms with Crippen LogP contribution in [0.3, 0.4) is 0 Å². The number of halogens is 1. The lowest BCUT2D eigenvalue weighted by atomic mass is 10.1. The molecule has 0 atom stereocenters. The number of aromatic nitrogens is 1. The molecule has 0 spiro atoms. The van der Waals surface area contributed by atoms with Gasteiger partial charge in [-0.05, 0) is 64.7 Å². The lowest BCUT2D eigenvalue weighted by Crippen LogP contribution is -2.18. The van der Waals surface area contributed by atoms with Crippen LogP contribution in [0.15, 0.2) is 34.9 Å². The number of anilines is 1. The zero-order chi connectivity index (χ0) is 14.7. The van der Waals surface area contributed by atoms with Crippen molar-refractivity contribution < 1.29 is 4.74 Å². The van der Waals surface area contributed by atoms with Crippen LogP contribution in [0.5, 0.6) is 5.75 Å². The van der Waals surface area contributed by atoms with Crippen LogP contribution < -0.4 is 9.64 Å². The predicted octanol–water partition coefficient (Wildman–Crippen LogP) is 4.11. The normalized spacial score (nSPS) is 10.4. The molecule has 3 nitrogen and oxygen atoms in total. The van der Waals surface area contributed by atoms with E-state index in [1.54, 1.807) is 7.11 Å². The number of pyridine rings is 1. The highest BCUT2D eigenvalue weighted by Crippen LogP contribution is 2.23. The Kier molecular flexibility index (Phi) is 4.65. The Balaban J connectivity index is 2.16. The van der Waals surface area contributed by atoms with E-state index < -0.39 is 0 Å². The van der Waals surface area contributed by atoms with E-state index in [0.29, 0.717) is 0 Å². The Labute approximate surface area is 128 Å². The van der Waals surface area contributed by atoms with E-state index in [1.807, 2.05) is 19.2 Å². The number of rotatable bonds is 4. The van der Waals surface area contributed by atoms with E-state index in [1.165, 1.54) is 16.7 Å². The van der Waals surface area contributed by atoms with Crippen LogP contribution in [0.2, 0.25) is 0 Å². The SMILES string of the molecule is COc1ccc(CN(C)c2cc(C)c(C)c(Br)n2)cc1. The molecule has 0 bridgehead atoms. The van der Waals surface area contributed by atoms with Crippen molar-refractivity contribution in [2.45, 2.75) is 20.4 Å². The molecule has 0 radical (unpaired) electrons. The molecule has 0 saturated carbocycles. The molecule has 1 aromatic heterocycles. The first kappa shape index (κ1) is 14.9. The highest BCUT2D eigenvalue weighted by atomic mass is 79.9. The molecule has 106 valence electrons. The highest BCUT2D eigenvalue weighted by Gasteiger charge is 2.08. The predicted molar refractivity (Wildman–Crippen MR) is 86.5 cm³/mol. The quantitative estimate of drug-likeness (QED) is 0.787. The molecule has 1 aromatic carbocycles. The van der Waals surface area contributed by atoms with Gasteiger partial charge in [0.25, 0.3) is 0 Å². The fourth-order valence-electron chi connectivity index (χ4n) is 1.96. The maximum absolute atomic E-state index is 5.17. The summed E-state index contributed by atoms with van der Waals surface area (Å²) in [4.78, 5) is 6.72. The van der Waals surface area contributed by atoms with Crippen molar-refractivity contribution in [1.29, 1.82) is 0 Å². The van der Waals surface area contributed by atoms with E-state index in [2.05, 4.69) is 57.9 Å². The summed E-state index contributed by atoms with van der Waals surface area (Å²) in [6, 6.07) is 10.2. The third kappa shape index (κ3) is 3.31. The molecular weight excluding hydrogens is 316 g/mol. The minimum absolute atomic E-state index is 0.811. The number of methoxy groups -OCH3 is 1. The molecule has 0 N–H and O–H groups in total. The van der Waals surface area contributed by atoms with Gasteiger partial charge in [0.15, 0.2) is 0 Å². The first-order valence-electron chi connectivity index (χ1n) is 6.49. The number of hydrogen-bond donors (Lipinski definition) is 0. The number of benzene rings is 1. The smallest absolute Gasteiger partial charge is 0.130 e. The molecule has 0 aliphatic heterocycles. The molecule has 2 rings (SSSR count). The molecule has 0 aliphatic carbocycles. The second-order valence-corrected chi connectivity index (χ2v) is 5.67. The number of nitrogens with zero attached hydrogens (tertiary/aromatic N) is 2. The standard InChI is InChI=1S/C16H19BrN2O/c1-11-9-15(18-16(17)12(11)2)19(3)10-13-5-7-14(20-4)8-6-13/h5-9H,10H2,1-4H3. The van der Waals surface area contributed by atoms with Crippen molar-refractivity contribution in [3.05, 3.63) is 51.6 Å². The van der Waals surface area contributed by atoms with E-state index in [9.17, 15) is 0 Å². The summed E-state index contributed by atoms with van der Waals surface area (Å²) in [6.07, 6.45) is 0. The average Bonchev–Trinajstić information content (AvgIpc) is 2.45. The molecule has 0 saturated heterocycles. The first-order chi connectivity index (χ1) is 9.51. The van der Waals surface area contributed by atoms with Crippen molar-refractivity contribution in [1.82, 2.24) is 4.98 Å². The van der Waals surface area contributed by atoms with Gasteiger partial charge in [0.1, 0.15) is 16.2 Å². The average molecular weight is 335 g/mol. The van der Waals surface area contributed by atoms with Crippen LogP contribution in [0.4, 0.5) is 5.82 Å². The van der Waals surface area contributed by atoms with E-state index in [-0.39, 0.29) is 0 Å². The highest BCUT2D eigenvalue weighted by molar-refractivity contribution is 9.10. The van der Waals surface area contributed by atoms with Crippen LogP contribution in [-0.2, 0) is 6.54 Å². The molecule has 0 unspecified atom stereocenters. The summed E-state index contributed by atoms with van der Waals surface area (Å²) >= 11 is 3.52. The van der Waals surface area contributed by atoms with Crippen LogP contribution >= 0.6 is 15.9 Å². The third-order valence-electron chi connectivity index (χ3n) is 3.43. The first-order valence-corrected chi connectivity index (χ1v) is 7.28. The van der Waals surface area contributed by atoms with Gasteiger partial charge >= 0.3 is 0 Å². The van der Waals surface area contributed by atoms with Crippen LogP contribution in [0.1, 0.15) is 16.7 Å². The van der Waals surface area contributed by atoms with Crippen LogP contribution in [0, 0.1) is 13.8 Å². The lowest BCUT2D eigenvalue weighted by Gasteiger charge is -2.20. The molecule has 0 fully saturated rings. The molecule has 0 amide bonds. The number of aryl methyl sites for hydroxylation is 1. The Morgan fingerprint density at radius 2 is 1.85 bits per heavy atom. The Hall–Kier alpha value is -1.55. The van der Waals surface area contributed by atoms with Crippen molar-refractivity contribution in [2.24, 2.45) is 0 Å². The summed E-state index contributed by atoms with van der Waals surface area (Å²) in [5, 5.41) is 0. The van der Waals surface area contributed by atoms with Gasteiger partial charge in [-0.3, -0.25) is 0 Å². The van der Waals surface area contributed by atoms with Crippen molar-refractivity contribution >= 4 is 21.7 Å². The monoisotopic (exact) mass is 334 g/mol. The molecular formula is C16H19BrN2O. The summed E-state index contributed by atoms with van der Waals surface area (Å²) in [6.45, 7) is 4.98. The second kappa shape index (κ2) is 6.27. The minimum atomic E-state index is 0.811. The Morgan fingerprint density at radius 3 is 2.40 bits per heavy atom. The van der Waals surface area contributed by atoms with Gasteiger partial charge < -0.3 is 9.64 Å². The van der Waals surface area contributed by atoms with Gasteiger partial charge in [-0.1, -0.05) is 12.1 Å². The van der Waals surface area contributed by atoms with Crippen molar-refractivity contribution in [2.75, 3.05) is 19.1 Å². The fraction of sp³-hybridized carbons (Fsp3) is 0.312. The van der Waals surface area contributed by atoms with Crippen LogP contribution in [-0.4, -0.2) is 19.1 Å². The maximum atomic E-state index is 5.17. The van der Waals surface area contributed by atoms with Crippen molar-refractivity contribution in [3.8, 4) is 5.75 Å². The van der Waals surface area contributed by atoms with E-state index in [0.717, 1.165) is 22.7 Å². The summed E-state index contributed by atoms with van der Waals surface area (Å²) in [5.74, 6) is 1.85. The Morgan fingerprint density at radius 1 is 1.20 bits per heavy atom. The van der Waals surface area contributed by atoms with Crippen molar-refractivity contribution in [3.63, 3.8) is 0 Å². The van der Waals surface area contributed by atoms with Gasteiger partial charge in [-0.25, -0.2) is 4.98 Å². The topological polar surface area (TPSA) is 25.4 Å². The maximum Gasteiger partial charge on any atom is 0.130 e. The van der Waals surface area contributed by atoms with Gasteiger partial charge in [-0.15, -0.1) is 0 Å². The minimum Gasteiger partial charge on any atom is -0.497 e. The molecule has 0 aliphatic rings. The molecule has 2 aromatic rings. The lowest BCUT2D eigenvalue weighted by molar-refractivity contribution is 0.414. The summed E-state index contributed by atoms with van der Waals surface area (Å²) < 4.78 is 6.08. The molecule has 20 heavy (non-hydrogen) atoms. The number of ether oxygens (including phenoxy) is 1. The van der Waals surface area contributed by atoms with Gasteiger partial charge in [0, 0.05) is 13.6 Å². The zero-order valence-corrected chi connectivity index (χ0v) is 13.9. The van der Waals surface area contributed by atoms with Gasteiger partial charge in [0.05, 0.1) is 7.11 Å². The van der Waals surface area contributed by atoms with Gasteiger partial charge in [-0.2, -0.15) is 0 Å². The molecule has 4 heteroatoms.